The van der Waals surface area contributed by atoms with Crippen LogP contribution in [0.2, 0.25) is 0 Å². The fourth-order valence-electron chi connectivity index (χ4n) is 1.24. The molecule has 0 aliphatic carbocycles. The van der Waals surface area contributed by atoms with Crippen LogP contribution in [0.3, 0.4) is 0 Å². The Morgan fingerprint density at radius 1 is 1.44 bits per heavy atom. The van der Waals surface area contributed by atoms with E-state index < -0.39 is 17.7 Å². The Morgan fingerprint density at radius 2 is 2.12 bits per heavy atom. The Bertz CT molecular complexity index is 401. The number of halogens is 1. The molecule has 0 saturated heterocycles. The van der Waals surface area contributed by atoms with Crippen molar-refractivity contribution in [3.8, 4) is 5.75 Å². The quantitative estimate of drug-likeness (QED) is 0.568. The van der Waals surface area contributed by atoms with Crippen molar-refractivity contribution in [3.63, 3.8) is 0 Å². The highest BCUT2D eigenvalue weighted by Crippen LogP contribution is 2.15. The van der Waals surface area contributed by atoms with E-state index in [1.54, 1.807) is 12.1 Å². The summed E-state index contributed by atoms with van der Waals surface area (Å²) in [6.45, 7) is 3.32. The molecule has 0 radical (unpaired) electrons. The fraction of sp³-hybridized carbons (Fsp3) is 0.333. The van der Waals surface area contributed by atoms with E-state index in [4.69, 9.17) is 4.74 Å². The maximum absolute atomic E-state index is 13.2. The molecule has 3 nitrogen and oxygen atoms in total. The minimum Gasteiger partial charge on any atom is -0.494 e. The lowest BCUT2D eigenvalue weighted by molar-refractivity contribution is -0.120. The molecule has 1 atom stereocenters. The van der Waals surface area contributed by atoms with Gasteiger partial charge >= 0.3 is 0 Å². The Hall–Kier alpha value is -1.71. The van der Waals surface area contributed by atoms with Gasteiger partial charge in [-0.25, -0.2) is 4.39 Å². The number of hydrogen-bond acceptors (Lipinski definition) is 3. The molecule has 16 heavy (non-hydrogen) atoms. The molecule has 0 N–H and O–H groups in total. The number of alkyl halides is 1. The van der Waals surface area contributed by atoms with Crippen LogP contribution in [0.25, 0.3) is 0 Å². The van der Waals surface area contributed by atoms with Crippen molar-refractivity contribution in [2.24, 2.45) is 0 Å². The summed E-state index contributed by atoms with van der Waals surface area (Å²) in [7, 11) is 0. The van der Waals surface area contributed by atoms with Crippen molar-refractivity contribution >= 4 is 11.6 Å². The number of hydrogen-bond donors (Lipinski definition) is 0. The molecule has 0 aliphatic heterocycles. The summed E-state index contributed by atoms with van der Waals surface area (Å²) in [5.41, 5.74) is 0.147. The van der Waals surface area contributed by atoms with Crippen molar-refractivity contribution in [2.45, 2.75) is 20.0 Å². The van der Waals surface area contributed by atoms with Crippen LogP contribution >= 0.6 is 0 Å². The first-order valence-electron chi connectivity index (χ1n) is 4.98. The molecule has 0 saturated carbocycles. The summed E-state index contributed by atoms with van der Waals surface area (Å²) in [4.78, 5) is 22.2. The van der Waals surface area contributed by atoms with Gasteiger partial charge in [-0.15, -0.1) is 0 Å². The van der Waals surface area contributed by atoms with E-state index >= 15 is 0 Å². The van der Waals surface area contributed by atoms with Gasteiger partial charge in [-0.3, -0.25) is 9.59 Å². The number of ketones is 2. The predicted molar refractivity (Wildman–Crippen MR) is 57.5 cm³/mol. The molecule has 1 aromatic rings. The summed E-state index contributed by atoms with van der Waals surface area (Å²) in [6, 6.07) is 6.15. The van der Waals surface area contributed by atoms with Gasteiger partial charge in [-0.1, -0.05) is 12.1 Å². The van der Waals surface area contributed by atoms with Crippen molar-refractivity contribution < 1.29 is 18.7 Å². The molecule has 1 unspecified atom stereocenters. The highest BCUT2D eigenvalue weighted by Gasteiger charge is 2.23. The van der Waals surface area contributed by atoms with Crippen LogP contribution in [0.5, 0.6) is 5.75 Å². The zero-order valence-electron chi connectivity index (χ0n) is 9.20. The second-order valence-electron chi connectivity index (χ2n) is 3.30. The fourth-order valence-corrected chi connectivity index (χ4v) is 1.24. The topological polar surface area (TPSA) is 43.4 Å². The molecule has 0 amide bonds. The van der Waals surface area contributed by atoms with Gasteiger partial charge in [0.1, 0.15) is 5.75 Å². The molecule has 0 aliphatic rings. The lowest BCUT2D eigenvalue weighted by Gasteiger charge is -2.06. The van der Waals surface area contributed by atoms with Gasteiger partial charge in [0.05, 0.1) is 6.61 Å². The molecular formula is C12H13FO3. The number of benzene rings is 1. The van der Waals surface area contributed by atoms with E-state index in [-0.39, 0.29) is 5.56 Å². The van der Waals surface area contributed by atoms with Gasteiger partial charge in [0.2, 0.25) is 12.0 Å². The lowest BCUT2D eigenvalue weighted by atomic mass is 10.0. The van der Waals surface area contributed by atoms with Gasteiger partial charge in [0.25, 0.3) is 0 Å². The third kappa shape index (κ3) is 2.89. The van der Waals surface area contributed by atoms with Crippen LogP contribution in [0.4, 0.5) is 4.39 Å². The van der Waals surface area contributed by atoms with Crippen LogP contribution < -0.4 is 4.74 Å². The maximum Gasteiger partial charge on any atom is 0.220 e. The summed E-state index contributed by atoms with van der Waals surface area (Å²) in [5.74, 6) is -1.12. The number of rotatable bonds is 5. The summed E-state index contributed by atoms with van der Waals surface area (Å²) >= 11 is 0. The molecule has 0 fully saturated rings. The first-order valence-corrected chi connectivity index (χ1v) is 4.98. The van der Waals surface area contributed by atoms with Gasteiger partial charge in [-0.05, 0) is 26.0 Å². The van der Waals surface area contributed by atoms with E-state index in [1.165, 1.54) is 12.1 Å². The summed E-state index contributed by atoms with van der Waals surface area (Å²) in [5, 5.41) is 0. The zero-order valence-corrected chi connectivity index (χ0v) is 9.20. The van der Waals surface area contributed by atoms with Gasteiger partial charge in [0, 0.05) is 5.56 Å². The van der Waals surface area contributed by atoms with Crippen LogP contribution in [-0.2, 0) is 4.79 Å². The van der Waals surface area contributed by atoms with Crippen LogP contribution in [0.15, 0.2) is 24.3 Å². The molecule has 86 valence electrons. The molecular weight excluding hydrogens is 211 g/mol. The monoisotopic (exact) mass is 224 g/mol. The molecule has 0 spiro atoms. The highest BCUT2D eigenvalue weighted by atomic mass is 19.1. The number of carbonyl (C=O) groups excluding carboxylic acids is 2. The van der Waals surface area contributed by atoms with E-state index in [9.17, 15) is 14.0 Å². The van der Waals surface area contributed by atoms with E-state index in [2.05, 4.69) is 0 Å². The van der Waals surface area contributed by atoms with E-state index in [0.29, 0.717) is 12.4 Å². The van der Waals surface area contributed by atoms with Crippen molar-refractivity contribution in [3.05, 3.63) is 29.8 Å². The Morgan fingerprint density at radius 3 is 2.69 bits per heavy atom. The van der Waals surface area contributed by atoms with Crippen molar-refractivity contribution in [1.29, 1.82) is 0 Å². The van der Waals surface area contributed by atoms with Crippen LogP contribution in [0, 0.1) is 0 Å². The third-order valence-electron chi connectivity index (χ3n) is 2.02. The Balaban J connectivity index is 2.91. The molecule has 0 heterocycles. The molecule has 4 heteroatoms. The minimum atomic E-state index is -2.09. The number of ether oxygens (including phenoxy) is 1. The number of carbonyl (C=O) groups is 2. The first kappa shape index (κ1) is 12.4. The molecule has 0 bridgehead atoms. The Labute approximate surface area is 93.2 Å². The smallest absolute Gasteiger partial charge is 0.220 e. The molecule has 1 aromatic carbocycles. The SMILES string of the molecule is CCOc1cccc(C(=O)C(F)C(C)=O)c1. The third-order valence-corrected chi connectivity index (χ3v) is 2.02. The standard InChI is InChI=1S/C12H13FO3/c1-3-16-10-6-4-5-9(7-10)12(15)11(13)8(2)14/h4-7,11H,3H2,1-2H3. The molecule has 1 rings (SSSR count). The van der Waals surface area contributed by atoms with Gasteiger partial charge in [-0.2, -0.15) is 0 Å². The van der Waals surface area contributed by atoms with Crippen molar-refractivity contribution in [1.82, 2.24) is 0 Å². The van der Waals surface area contributed by atoms with E-state index in [1.807, 2.05) is 6.92 Å². The first-order chi connectivity index (χ1) is 7.56. The van der Waals surface area contributed by atoms with Crippen molar-refractivity contribution in [2.75, 3.05) is 6.61 Å². The summed E-state index contributed by atoms with van der Waals surface area (Å²) < 4.78 is 18.4. The highest BCUT2D eigenvalue weighted by molar-refractivity contribution is 6.12. The zero-order chi connectivity index (χ0) is 12.1. The van der Waals surface area contributed by atoms with E-state index in [0.717, 1.165) is 6.92 Å². The van der Waals surface area contributed by atoms with Crippen LogP contribution in [-0.4, -0.2) is 24.3 Å². The normalized spacial score (nSPS) is 11.9. The lowest BCUT2D eigenvalue weighted by Crippen LogP contribution is -2.23. The van der Waals surface area contributed by atoms with Gasteiger partial charge < -0.3 is 4.74 Å². The maximum atomic E-state index is 13.2. The predicted octanol–water partition coefficient (Wildman–Crippen LogP) is 2.20. The largest absolute Gasteiger partial charge is 0.494 e. The second-order valence-corrected chi connectivity index (χ2v) is 3.30. The molecule has 0 aromatic heterocycles. The average molecular weight is 224 g/mol. The second kappa shape index (κ2) is 5.39. The van der Waals surface area contributed by atoms with Gasteiger partial charge in [0.15, 0.2) is 5.78 Å². The number of Topliss-reactive ketones (excluding diaryl/α,β-unsaturated/α-hetero) is 2. The van der Waals surface area contributed by atoms with Crippen LogP contribution in [0.1, 0.15) is 24.2 Å². The Kier molecular flexibility index (Phi) is 4.17. The average Bonchev–Trinajstić information content (AvgIpc) is 2.28. The summed E-state index contributed by atoms with van der Waals surface area (Å²) in [6.07, 6.45) is -2.09. The minimum absolute atomic E-state index is 0.147.